The molecule has 7 nitrogen and oxygen atoms in total. The van der Waals surface area contributed by atoms with E-state index in [2.05, 4.69) is 10.6 Å². The quantitative estimate of drug-likeness (QED) is 0.418. The molecular weight excluding hydrogens is 408 g/mol. The minimum absolute atomic E-state index is 0.132. The molecule has 3 rings (SSSR count). The second-order valence-corrected chi connectivity index (χ2v) is 7.08. The molecule has 0 aliphatic rings. The Morgan fingerprint density at radius 1 is 0.844 bits per heavy atom. The van der Waals surface area contributed by atoms with Gasteiger partial charge in [0, 0.05) is 24.7 Å². The summed E-state index contributed by atoms with van der Waals surface area (Å²) in [7, 11) is 1.59. The largest absolute Gasteiger partial charge is 0.497 e. The fraction of sp³-hybridized carbons (Fsp3) is 0.160. The van der Waals surface area contributed by atoms with Gasteiger partial charge in [0.2, 0.25) is 5.91 Å². The van der Waals surface area contributed by atoms with Crippen LogP contribution in [0.2, 0.25) is 0 Å². The molecule has 2 amide bonds. The lowest BCUT2D eigenvalue weighted by atomic mass is 10.1. The first-order chi connectivity index (χ1) is 15.4. The van der Waals surface area contributed by atoms with Gasteiger partial charge in [-0.1, -0.05) is 30.3 Å². The summed E-state index contributed by atoms with van der Waals surface area (Å²) in [5, 5.41) is 5.68. The summed E-state index contributed by atoms with van der Waals surface area (Å²) in [4.78, 5) is 35.7. The number of methoxy groups -OCH3 is 1. The maximum Gasteiger partial charge on any atom is 0.308 e. The molecule has 0 saturated carbocycles. The number of hydrogen-bond acceptors (Lipinski definition) is 5. The summed E-state index contributed by atoms with van der Waals surface area (Å²) in [6, 6.07) is 21.0. The number of amides is 2. The number of rotatable bonds is 8. The number of anilines is 1. The van der Waals surface area contributed by atoms with Gasteiger partial charge in [-0.25, -0.2) is 0 Å². The lowest BCUT2D eigenvalue weighted by Gasteiger charge is -2.09. The van der Waals surface area contributed by atoms with Gasteiger partial charge in [0.05, 0.1) is 13.5 Å². The highest BCUT2D eigenvalue weighted by atomic mass is 16.5. The summed E-state index contributed by atoms with van der Waals surface area (Å²) >= 11 is 0. The van der Waals surface area contributed by atoms with Crippen LogP contribution >= 0.6 is 0 Å². The third-order valence-electron chi connectivity index (χ3n) is 4.55. The normalized spacial score (nSPS) is 10.2. The van der Waals surface area contributed by atoms with Crippen LogP contribution in [0.3, 0.4) is 0 Å². The van der Waals surface area contributed by atoms with E-state index in [0.29, 0.717) is 29.3 Å². The van der Waals surface area contributed by atoms with Gasteiger partial charge in [-0.05, 0) is 53.6 Å². The first-order valence-corrected chi connectivity index (χ1v) is 10.0. The van der Waals surface area contributed by atoms with E-state index in [1.54, 1.807) is 37.4 Å². The predicted molar refractivity (Wildman–Crippen MR) is 121 cm³/mol. The summed E-state index contributed by atoms with van der Waals surface area (Å²) in [6.45, 7) is 1.62. The average molecular weight is 432 g/mol. The molecule has 0 aliphatic carbocycles. The van der Waals surface area contributed by atoms with E-state index in [4.69, 9.17) is 9.47 Å². The molecule has 0 bridgehead atoms. The molecule has 3 aromatic rings. The Labute approximate surface area is 186 Å². The fourth-order valence-corrected chi connectivity index (χ4v) is 3.03. The molecule has 32 heavy (non-hydrogen) atoms. The Hall–Kier alpha value is -4.13. The number of esters is 1. The molecule has 0 atom stereocenters. The van der Waals surface area contributed by atoms with Crippen LogP contribution in [0.25, 0.3) is 0 Å². The lowest BCUT2D eigenvalue weighted by Crippen LogP contribution is -2.22. The highest BCUT2D eigenvalue weighted by Crippen LogP contribution is 2.16. The minimum Gasteiger partial charge on any atom is -0.497 e. The predicted octanol–water partition coefficient (Wildman–Crippen LogP) is 3.73. The van der Waals surface area contributed by atoms with Crippen molar-refractivity contribution in [3.8, 4) is 11.5 Å². The summed E-state index contributed by atoms with van der Waals surface area (Å²) in [6.07, 6.45) is 0.238. The monoisotopic (exact) mass is 432 g/mol. The zero-order chi connectivity index (χ0) is 22.9. The van der Waals surface area contributed by atoms with Gasteiger partial charge >= 0.3 is 5.97 Å². The minimum atomic E-state index is -0.446. The SMILES string of the molecule is COc1cccc(CC(=O)Nc2ccc(CNC(=O)c3cccc(OC(C)=O)c3)cc2)c1. The van der Waals surface area contributed by atoms with Crippen molar-refractivity contribution < 1.29 is 23.9 Å². The van der Waals surface area contributed by atoms with Crippen LogP contribution < -0.4 is 20.1 Å². The highest BCUT2D eigenvalue weighted by molar-refractivity contribution is 5.94. The molecule has 0 aliphatic heterocycles. The molecule has 0 radical (unpaired) electrons. The van der Waals surface area contributed by atoms with Crippen molar-refractivity contribution in [2.75, 3.05) is 12.4 Å². The van der Waals surface area contributed by atoms with Crippen LogP contribution in [0.5, 0.6) is 11.5 Å². The Morgan fingerprint density at radius 3 is 2.28 bits per heavy atom. The molecule has 7 heteroatoms. The number of nitrogens with one attached hydrogen (secondary N) is 2. The number of hydrogen-bond donors (Lipinski definition) is 2. The van der Waals surface area contributed by atoms with Crippen molar-refractivity contribution in [2.24, 2.45) is 0 Å². The molecule has 0 unspecified atom stereocenters. The van der Waals surface area contributed by atoms with E-state index in [0.717, 1.165) is 11.1 Å². The van der Waals surface area contributed by atoms with Crippen molar-refractivity contribution >= 4 is 23.5 Å². The van der Waals surface area contributed by atoms with Gasteiger partial charge in [0.1, 0.15) is 11.5 Å². The Balaban J connectivity index is 1.51. The van der Waals surface area contributed by atoms with Crippen molar-refractivity contribution in [1.29, 1.82) is 0 Å². The van der Waals surface area contributed by atoms with Crippen LogP contribution in [0.15, 0.2) is 72.8 Å². The molecule has 0 heterocycles. The Bertz CT molecular complexity index is 1110. The molecular formula is C25H24N2O5. The van der Waals surface area contributed by atoms with Crippen LogP contribution in [0, 0.1) is 0 Å². The molecule has 164 valence electrons. The average Bonchev–Trinajstić information content (AvgIpc) is 2.78. The maximum atomic E-state index is 12.4. The fourth-order valence-electron chi connectivity index (χ4n) is 3.03. The lowest BCUT2D eigenvalue weighted by molar-refractivity contribution is -0.131. The van der Waals surface area contributed by atoms with Crippen LogP contribution in [0.1, 0.15) is 28.4 Å². The number of carbonyl (C=O) groups is 3. The van der Waals surface area contributed by atoms with Crippen molar-refractivity contribution in [1.82, 2.24) is 5.32 Å². The second kappa shape index (κ2) is 10.8. The highest BCUT2D eigenvalue weighted by Gasteiger charge is 2.09. The third-order valence-corrected chi connectivity index (χ3v) is 4.55. The van der Waals surface area contributed by atoms with Crippen molar-refractivity contribution in [3.05, 3.63) is 89.5 Å². The smallest absolute Gasteiger partial charge is 0.308 e. The van der Waals surface area contributed by atoms with E-state index in [1.165, 1.54) is 13.0 Å². The number of carbonyl (C=O) groups excluding carboxylic acids is 3. The number of benzene rings is 3. The van der Waals surface area contributed by atoms with Gasteiger partial charge in [-0.2, -0.15) is 0 Å². The maximum absolute atomic E-state index is 12.4. The van der Waals surface area contributed by atoms with E-state index >= 15 is 0 Å². The van der Waals surface area contributed by atoms with Gasteiger partial charge in [0.15, 0.2) is 0 Å². The second-order valence-electron chi connectivity index (χ2n) is 7.08. The van der Waals surface area contributed by atoms with Crippen LogP contribution in [-0.4, -0.2) is 24.9 Å². The standard InChI is InChI=1S/C25H24N2O5/c1-17(28)32-23-8-4-6-20(15-23)25(30)26-16-18-9-11-21(12-10-18)27-24(29)14-19-5-3-7-22(13-19)31-2/h3-13,15H,14,16H2,1-2H3,(H,26,30)(H,27,29). The molecule has 3 aromatic carbocycles. The first-order valence-electron chi connectivity index (χ1n) is 10.0. The molecule has 2 N–H and O–H groups in total. The van der Waals surface area contributed by atoms with Crippen molar-refractivity contribution in [3.63, 3.8) is 0 Å². The topological polar surface area (TPSA) is 93.7 Å². The molecule has 0 aromatic heterocycles. The summed E-state index contributed by atoms with van der Waals surface area (Å²) in [5.74, 6) is 0.166. The summed E-state index contributed by atoms with van der Waals surface area (Å²) in [5.41, 5.74) is 2.80. The third kappa shape index (κ3) is 6.70. The molecule has 0 saturated heterocycles. The molecule has 0 fully saturated rings. The van der Waals surface area contributed by atoms with E-state index < -0.39 is 5.97 Å². The Kier molecular flexibility index (Phi) is 7.59. The number of ether oxygens (including phenoxy) is 2. The van der Waals surface area contributed by atoms with Gasteiger partial charge in [0.25, 0.3) is 5.91 Å². The first kappa shape index (κ1) is 22.6. The van der Waals surface area contributed by atoms with Gasteiger partial charge in [-0.15, -0.1) is 0 Å². The zero-order valence-corrected chi connectivity index (χ0v) is 17.9. The Morgan fingerprint density at radius 2 is 1.56 bits per heavy atom. The van der Waals surface area contributed by atoms with Gasteiger partial charge in [-0.3, -0.25) is 14.4 Å². The van der Waals surface area contributed by atoms with Crippen LogP contribution in [0.4, 0.5) is 5.69 Å². The van der Waals surface area contributed by atoms with Crippen molar-refractivity contribution in [2.45, 2.75) is 19.9 Å². The van der Waals surface area contributed by atoms with Gasteiger partial charge < -0.3 is 20.1 Å². The van der Waals surface area contributed by atoms with E-state index in [9.17, 15) is 14.4 Å². The van der Waals surface area contributed by atoms with E-state index in [-0.39, 0.29) is 18.2 Å². The summed E-state index contributed by atoms with van der Waals surface area (Å²) < 4.78 is 10.2. The zero-order valence-electron chi connectivity index (χ0n) is 17.9. The van der Waals surface area contributed by atoms with Crippen LogP contribution in [-0.2, 0) is 22.6 Å². The molecule has 0 spiro atoms. The van der Waals surface area contributed by atoms with E-state index in [1.807, 2.05) is 36.4 Å².